The van der Waals surface area contributed by atoms with Crippen LogP contribution in [-0.4, -0.2) is 73.0 Å². The van der Waals surface area contributed by atoms with Crippen LogP contribution in [-0.2, 0) is 33.3 Å². The summed E-state index contributed by atoms with van der Waals surface area (Å²) in [6.45, 7) is 8.73. The molecule has 0 aromatic rings. The van der Waals surface area contributed by atoms with Gasteiger partial charge in [0.1, 0.15) is 24.4 Å². The molecule has 0 radical (unpaired) electrons. The Morgan fingerprint density at radius 1 is 1.05 bits per heavy atom. The minimum Gasteiger partial charge on any atom is -0.462 e. The van der Waals surface area contributed by atoms with E-state index in [0.29, 0.717) is 26.1 Å². The summed E-state index contributed by atoms with van der Waals surface area (Å²) >= 11 is 0. The predicted molar refractivity (Wildman–Crippen MR) is 134 cm³/mol. The fraction of sp³-hybridized carbons (Fsp3) is 0.655. The lowest BCUT2D eigenvalue weighted by atomic mass is 9.51. The highest BCUT2D eigenvalue weighted by Gasteiger charge is 2.83. The molecule has 1 saturated carbocycles. The zero-order valence-electron chi connectivity index (χ0n) is 22.1. The Morgan fingerprint density at radius 3 is 2.57 bits per heavy atom. The number of esters is 2. The van der Waals surface area contributed by atoms with Gasteiger partial charge in [0.15, 0.2) is 0 Å². The summed E-state index contributed by atoms with van der Waals surface area (Å²) in [5.74, 6) is -0.879. The number of hydrogen-bond donors (Lipinski definition) is 1. The smallest absolute Gasteiger partial charge is 0.331 e. The normalized spacial score (nSPS) is 46.2. The van der Waals surface area contributed by atoms with E-state index >= 15 is 0 Å². The minimum absolute atomic E-state index is 0.144. The van der Waals surface area contributed by atoms with Crippen molar-refractivity contribution in [2.45, 2.75) is 89.5 Å². The number of aliphatic hydroxyl groups is 1. The van der Waals surface area contributed by atoms with Crippen molar-refractivity contribution in [2.75, 3.05) is 19.8 Å². The van der Waals surface area contributed by atoms with Crippen LogP contribution in [0, 0.1) is 10.8 Å². The third kappa shape index (κ3) is 4.42. The summed E-state index contributed by atoms with van der Waals surface area (Å²) in [5.41, 5.74) is 0.318. The lowest BCUT2D eigenvalue weighted by molar-refractivity contribution is -0.232. The average Bonchev–Trinajstić information content (AvgIpc) is 3.61. The molecule has 0 aromatic heterocycles. The van der Waals surface area contributed by atoms with Gasteiger partial charge in [0, 0.05) is 24.0 Å². The standard InChI is InChI=1S/C29H38O8/c1-18-9-11-28-16-34-26(32)14-19(2)10-12-33-21(20(3)30)7-5-6-8-25(31)37-22-15-24(36-23(28)13-18)29(17-35-29)27(22,28)4/h5-8,13-14,20-24,30H,9-12,15-17H2,1-4H3/b7-5+,8-6+,19-14+/t20-,21-,22-,23-,24?,27-,28-,29+/m1/s1. The van der Waals surface area contributed by atoms with Crippen LogP contribution in [0.15, 0.2) is 47.6 Å². The van der Waals surface area contributed by atoms with Crippen molar-refractivity contribution in [3.05, 3.63) is 47.6 Å². The van der Waals surface area contributed by atoms with Crippen LogP contribution in [0.3, 0.4) is 0 Å². The number of allylic oxidation sites excluding steroid dienone is 3. The fourth-order valence-corrected chi connectivity index (χ4v) is 6.85. The fourth-order valence-electron chi connectivity index (χ4n) is 6.85. The van der Waals surface area contributed by atoms with Crippen LogP contribution in [0.1, 0.15) is 53.4 Å². The number of cyclic esters (lactones) is 1. The van der Waals surface area contributed by atoms with Gasteiger partial charge in [0.05, 0.1) is 36.9 Å². The van der Waals surface area contributed by atoms with Gasteiger partial charge >= 0.3 is 11.9 Å². The van der Waals surface area contributed by atoms with Gasteiger partial charge in [-0.3, -0.25) is 0 Å². The molecule has 1 N–H and O–H groups in total. The van der Waals surface area contributed by atoms with E-state index in [-0.39, 0.29) is 18.8 Å². The lowest BCUT2D eigenvalue weighted by Crippen LogP contribution is -2.66. The van der Waals surface area contributed by atoms with Crippen molar-refractivity contribution in [3.8, 4) is 0 Å². The SMILES string of the molecule is CC1=C[C@H]2OC3C[C@H]4OC(=O)/C=C/C=C/[C@H]([C@@H](C)O)OCC/C(C)=C/C(=O)OC[C@@]2(CC1)[C@]4(C)[C@]31CO1. The molecule has 2 bridgehead atoms. The van der Waals surface area contributed by atoms with Crippen LogP contribution in [0.25, 0.3) is 0 Å². The molecule has 3 fully saturated rings. The van der Waals surface area contributed by atoms with Crippen molar-refractivity contribution in [2.24, 2.45) is 10.8 Å². The average molecular weight is 515 g/mol. The van der Waals surface area contributed by atoms with E-state index in [1.807, 2.05) is 6.92 Å². The van der Waals surface area contributed by atoms with Gasteiger partial charge in [0.25, 0.3) is 0 Å². The van der Waals surface area contributed by atoms with Crippen molar-refractivity contribution in [3.63, 3.8) is 0 Å². The van der Waals surface area contributed by atoms with Crippen LogP contribution < -0.4 is 0 Å². The molecule has 8 nitrogen and oxygen atoms in total. The second-order valence-electron chi connectivity index (χ2n) is 11.4. The van der Waals surface area contributed by atoms with Crippen molar-refractivity contribution >= 4 is 11.9 Å². The third-order valence-electron chi connectivity index (χ3n) is 9.24. The molecule has 1 unspecified atom stereocenters. The summed E-state index contributed by atoms with van der Waals surface area (Å²) in [5, 5.41) is 10.0. The van der Waals surface area contributed by atoms with E-state index in [1.54, 1.807) is 25.2 Å². The first-order chi connectivity index (χ1) is 17.6. The Hall–Kier alpha value is -2.26. The lowest BCUT2D eigenvalue weighted by Gasteiger charge is -2.58. The van der Waals surface area contributed by atoms with E-state index in [0.717, 1.165) is 18.4 Å². The maximum Gasteiger partial charge on any atom is 0.331 e. The van der Waals surface area contributed by atoms with Crippen molar-refractivity contribution < 1.29 is 38.4 Å². The summed E-state index contributed by atoms with van der Waals surface area (Å²) in [7, 11) is 0. The number of rotatable bonds is 1. The third-order valence-corrected chi connectivity index (χ3v) is 9.24. The van der Waals surface area contributed by atoms with Crippen molar-refractivity contribution in [1.29, 1.82) is 0 Å². The number of epoxide rings is 1. The maximum atomic E-state index is 12.9. The van der Waals surface area contributed by atoms with Crippen LogP contribution in [0.2, 0.25) is 0 Å². The minimum atomic E-state index is -0.735. The van der Waals surface area contributed by atoms with E-state index in [4.69, 9.17) is 23.7 Å². The summed E-state index contributed by atoms with van der Waals surface area (Å²) < 4.78 is 30.6. The Kier molecular flexibility index (Phi) is 6.98. The molecule has 2 aliphatic carbocycles. The Balaban J connectivity index is 1.51. The van der Waals surface area contributed by atoms with Crippen LogP contribution >= 0.6 is 0 Å². The summed E-state index contributed by atoms with van der Waals surface area (Å²) in [6, 6.07) is 0. The molecule has 3 heterocycles. The Bertz CT molecular complexity index is 1050. The molecule has 8 atom stereocenters. The monoisotopic (exact) mass is 514 g/mol. The van der Waals surface area contributed by atoms with E-state index in [1.165, 1.54) is 17.7 Å². The van der Waals surface area contributed by atoms with Gasteiger partial charge in [0.2, 0.25) is 0 Å². The summed E-state index contributed by atoms with van der Waals surface area (Å²) in [6.07, 6.45) is 10.5. The number of carbonyl (C=O) groups is 2. The first-order valence-corrected chi connectivity index (χ1v) is 13.3. The molecule has 0 amide bonds. The molecule has 3 aliphatic heterocycles. The predicted octanol–water partition coefficient (Wildman–Crippen LogP) is 3.34. The topological polar surface area (TPSA) is 104 Å². The van der Waals surface area contributed by atoms with Gasteiger partial charge in [-0.05, 0) is 40.0 Å². The van der Waals surface area contributed by atoms with Crippen LogP contribution in [0.5, 0.6) is 0 Å². The number of ether oxygens (including phenoxy) is 5. The molecule has 2 spiro atoms. The van der Waals surface area contributed by atoms with E-state index in [2.05, 4.69) is 19.9 Å². The second kappa shape index (κ2) is 9.80. The number of carbonyl (C=O) groups excluding carboxylic acids is 2. The zero-order valence-corrected chi connectivity index (χ0v) is 22.1. The van der Waals surface area contributed by atoms with Gasteiger partial charge in [-0.25, -0.2) is 9.59 Å². The molecule has 2 saturated heterocycles. The Labute approximate surface area is 218 Å². The highest BCUT2D eigenvalue weighted by Crippen LogP contribution is 2.72. The molecular formula is C29H38O8. The molecule has 5 rings (SSSR count). The first kappa shape index (κ1) is 26.4. The van der Waals surface area contributed by atoms with Crippen LogP contribution in [0.4, 0.5) is 0 Å². The molecule has 8 heteroatoms. The maximum absolute atomic E-state index is 12.9. The van der Waals surface area contributed by atoms with E-state index in [9.17, 15) is 14.7 Å². The highest BCUT2D eigenvalue weighted by atomic mass is 16.6. The first-order valence-electron chi connectivity index (χ1n) is 13.3. The molecule has 0 aromatic carbocycles. The summed E-state index contributed by atoms with van der Waals surface area (Å²) in [4.78, 5) is 25.9. The number of hydrogen-bond acceptors (Lipinski definition) is 8. The van der Waals surface area contributed by atoms with E-state index < -0.39 is 46.7 Å². The Morgan fingerprint density at radius 2 is 1.84 bits per heavy atom. The quantitative estimate of drug-likeness (QED) is 0.323. The molecular weight excluding hydrogens is 476 g/mol. The van der Waals surface area contributed by atoms with Gasteiger partial charge in [-0.2, -0.15) is 0 Å². The number of aliphatic hydroxyl groups excluding tert-OH is 1. The van der Waals surface area contributed by atoms with Crippen molar-refractivity contribution in [1.82, 2.24) is 0 Å². The van der Waals surface area contributed by atoms with Gasteiger partial charge in [-0.15, -0.1) is 0 Å². The molecule has 37 heavy (non-hydrogen) atoms. The van der Waals surface area contributed by atoms with Gasteiger partial charge in [-0.1, -0.05) is 42.4 Å². The second-order valence-corrected chi connectivity index (χ2v) is 11.4. The molecule has 202 valence electrons. The molecule has 5 aliphatic rings. The highest BCUT2D eigenvalue weighted by molar-refractivity contribution is 5.83. The van der Waals surface area contributed by atoms with Gasteiger partial charge < -0.3 is 28.8 Å². The largest absolute Gasteiger partial charge is 0.462 e. The zero-order chi connectivity index (χ0) is 26.4.